The number of ether oxygens (including phenoxy) is 1. The zero-order valence-corrected chi connectivity index (χ0v) is 11.8. The molecule has 0 fully saturated rings. The van der Waals surface area contributed by atoms with Gasteiger partial charge in [-0.1, -0.05) is 24.8 Å². The predicted molar refractivity (Wildman–Crippen MR) is 74.0 cm³/mol. The lowest BCUT2D eigenvalue weighted by Crippen LogP contribution is -2.43. The number of unbranched alkanes of at least 4 members (excludes halogenated alkanes) is 1. The SMILES string of the molecule is C=CC=CCCC[C@@H](NC(=O)OC(C)(C)C)C(=O)O. The topological polar surface area (TPSA) is 75.6 Å². The summed E-state index contributed by atoms with van der Waals surface area (Å²) < 4.78 is 5.02. The molecule has 108 valence electrons. The van der Waals surface area contributed by atoms with E-state index < -0.39 is 23.7 Å². The first-order valence-electron chi connectivity index (χ1n) is 6.26. The van der Waals surface area contributed by atoms with Crippen LogP contribution in [0, 0.1) is 0 Å². The van der Waals surface area contributed by atoms with Gasteiger partial charge in [0.25, 0.3) is 0 Å². The van der Waals surface area contributed by atoms with E-state index in [1.165, 1.54) is 0 Å². The Kier molecular flexibility index (Phi) is 7.56. The summed E-state index contributed by atoms with van der Waals surface area (Å²) in [7, 11) is 0. The molecule has 0 aromatic rings. The highest BCUT2D eigenvalue weighted by Gasteiger charge is 2.23. The molecule has 0 aromatic carbocycles. The number of hydrogen-bond acceptors (Lipinski definition) is 3. The number of alkyl carbamates (subject to hydrolysis) is 1. The Morgan fingerprint density at radius 3 is 2.53 bits per heavy atom. The van der Waals surface area contributed by atoms with Crippen molar-refractivity contribution < 1.29 is 19.4 Å². The summed E-state index contributed by atoms with van der Waals surface area (Å²) in [4.78, 5) is 22.5. The van der Waals surface area contributed by atoms with Crippen LogP contribution in [0.2, 0.25) is 0 Å². The predicted octanol–water partition coefficient (Wildman–Crippen LogP) is 2.88. The van der Waals surface area contributed by atoms with Crippen LogP contribution in [-0.2, 0) is 9.53 Å². The number of hydrogen-bond donors (Lipinski definition) is 2. The van der Waals surface area contributed by atoms with E-state index in [-0.39, 0.29) is 0 Å². The largest absolute Gasteiger partial charge is 0.480 e. The van der Waals surface area contributed by atoms with Crippen LogP contribution in [0.25, 0.3) is 0 Å². The highest BCUT2D eigenvalue weighted by atomic mass is 16.6. The maximum Gasteiger partial charge on any atom is 0.408 e. The van der Waals surface area contributed by atoms with Gasteiger partial charge in [0.05, 0.1) is 0 Å². The van der Waals surface area contributed by atoms with Gasteiger partial charge in [0, 0.05) is 0 Å². The Labute approximate surface area is 114 Å². The van der Waals surface area contributed by atoms with Gasteiger partial charge in [0.15, 0.2) is 0 Å². The molecule has 1 amide bonds. The number of carboxylic acids is 1. The summed E-state index contributed by atoms with van der Waals surface area (Å²) in [5, 5.41) is 11.4. The molecule has 1 atom stereocenters. The summed E-state index contributed by atoms with van der Waals surface area (Å²) in [5.41, 5.74) is -0.639. The minimum Gasteiger partial charge on any atom is -0.480 e. The molecule has 0 aliphatic heterocycles. The van der Waals surface area contributed by atoms with Crippen LogP contribution in [0.15, 0.2) is 24.8 Å². The molecule has 0 saturated heterocycles. The standard InChI is InChI=1S/C14H23NO4/c1-5-6-7-8-9-10-11(12(16)17)15-13(18)19-14(2,3)4/h5-7,11H,1,8-10H2,2-4H3,(H,15,18)(H,16,17)/t11-/m1/s1. The molecule has 5 nitrogen and oxygen atoms in total. The van der Waals surface area contributed by atoms with Crippen LogP contribution >= 0.6 is 0 Å². The van der Waals surface area contributed by atoms with Gasteiger partial charge in [0.1, 0.15) is 11.6 Å². The zero-order chi connectivity index (χ0) is 14.9. The van der Waals surface area contributed by atoms with Crippen LogP contribution < -0.4 is 5.32 Å². The molecule has 0 saturated carbocycles. The lowest BCUT2D eigenvalue weighted by Gasteiger charge is -2.21. The van der Waals surface area contributed by atoms with Gasteiger partial charge in [-0.15, -0.1) is 0 Å². The van der Waals surface area contributed by atoms with Crippen LogP contribution in [0.5, 0.6) is 0 Å². The lowest BCUT2D eigenvalue weighted by atomic mass is 10.1. The summed E-state index contributed by atoms with van der Waals surface area (Å²) in [6.07, 6.45) is 6.42. The number of aliphatic carboxylic acids is 1. The minimum atomic E-state index is -1.06. The second kappa shape index (κ2) is 8.34. The van der Waals surface area contributed by atoms with Crippen molar-refractivity contribution in [1.82, 2.24) is 5.32 Å². The summed E-state index contributed by atoms with van der Waals surface area (Å²) in [6, 6.07) is -0.924. The highest BCUT2D eigenvalue weighted by molar-refractivity contribution is 5.79. The van der Waals surface area contributed by atoms with Crippen molar-refractivity contribution >= 4 is 12.1 Å². The van der Waals surface area contributed by atoms with Crippen LogP contribution in [0.1, 0.15) is 40.0 Å². The van der Waals surface area contributed by atoms with Crippen molar-refractivity contribution in [2.24, 2.45) is 0 Å². The smallest absolute Gasteiger partial charge is 0.408 e. The number of amides is 1. The van der Waals surface area contributed by atoms with E-state index in [1.54, 1.807) is 32.9 Å². The van der Waals surface area contributed by atoms with Crippen molar-refractivity contribution in [3.05, 3.63) is 24.8 Å². The Hall–Kier alpha value is -1.78. The Morgan fingerprint density at radius 2 is 2.05 bits per heavy atom. The first-order valence-corrected chi connectivity index (χ1v) is 6.26. The Morgan fingerprint density at radius 1 is 1.42 bits per heavy atom. The number of rotatable bonds is 7. The lowest BCUT2D eigenvalue weighted by molar-refractivity contribution is -0.139. The monoisotopic (exact) mass is 269 g/mol. The number of carbonyl (C=O) groups excluding carboxylic acids is 1. The first kappa shape index (κ1) is 17.2. The molecule has 0 bridgehead atoms. The van der Waals surface area contributed by atoms with Gasteiger partial charge in [-0.05, 0) is 40.0 Å². The van der Waals surface area contributed by atoms with Crippen molar-refractivity contribution in [3.8, 4) is 0 Å². The molecule has 5 heteroatoms. The van der Waals surface area contributed by atoms with E-state index in [9.17, 15) is 9.59 Å². The van der Waals surface area contributed by atoms with Gasteiger partial charge >= 0.3 is 12.1 Å². The van der Waals surface area contributed by atoms with Crippen molar-refractivity contribution in [3.63, 3.8) is 0 Å². The van der Waals surface area contributed by atoms with Crippen LogP contribution in [0.3, 0.4) is 0 Å². The molecule has 2 N–H and O–H groups in total. The molecule has 0 aliphatic rings. The van der Waals surface area contributed by atoms with E-state index in [1.807, 2.05) is 6.08 Å². The maximum atomic E-state index is 11.5. The fraction of sp³-hybridized carbons (Fsp3) is 0.571. The average molecular weight is 269 g/mol. The summed E-state index contributed by atoms with van der Waals surface area (Å²) in [5.74, 6) is -1.06. The molecule has 0 aromatic heterocycles. The highest BCUT2D eigenvalue weighted by Crippen LogP contribution is 2.08. The minimum absolute atomic E-state index is 0.357. The van der Waals surface area contributed by atoms with Crippen molar-refractivity contribution in [1.29, 1.82) is 0 Å². The maximum absolute atomic E-state index is 11.5. The molecule has 0 spiro atoms. The molecule has 0 aliphatic carbocycles. The normalized spacial score (nSPS) is 13.0. The van der Waals surface area contributed by atoms with Gasteiger partial charge in [0.2, 0.25) is 0 Å². The third-order valence-electron chi connectivity index (χ3n) is 2.12. The Balaban J connectivity index is 4.19. The van der Waals surface area contributed by atoms with Gasteiger partial charge in [-0.2, -0.15) is 0 Å². The van der Waals surface area contributed by atoms with Crippen LogP contribution in [0.4, 0.5) is 4.79 Å². The van der Waals surface area contributed by atoms with Crippen molar-refractivity contribution in [2.45, 2.75) is 51.7 Å². The van der Waals surface area contributed by atoms with Crippen molar-refractivity contribution in [2.75, 3.05) is 0 Å². The molecule has 0 unspecified atom stereocenters. The fourth-order valence-electron chi connectivity index (χ4n) is 1.34. The number of carbonyl (C=O) groups is 2. The number of allylic oxidation sites excluding steroid dienone is 3. The molecular formula is C14H23NO4. The number of nitrogens with one attached hydrogen (secondary N) is 1. The quantitative estimate of drug-likeness (QED) is 0.550. The third-order valence-corrected chi connectivity index (χ3v) is 2.12. The summed E-state index contributed by atoms with van der Waals surface area (Å²) >= 11 is 0. The average Bonchev–Trinajstić information content (AvgIpc) is 2.24. The third kappa shape index (κ3) is 9.88. The van der Waals surface area contributed by atoms with E-state index >= 15 is 0 Å². The van der Waals surface area contributed by atoms with Gasteiger partial charge < -0.3 is 15.2 Å². The molecular weight excluding hydrogens is 246 g/mol. The van der Waals surface area contributed by atoms with E-state index in [2.05, 4.69) is 11.9 Å². The van der Waals surface area contributed by atoms with Crippen LogP contribution in [-0.4, -0.2) is 28.8 Å². The van der Waals surface area contributed by atoms with Gasteiger partial charge in [-0.25, -0.2) is 9.59 Å². The van der Waals surface area contributed by atoms with Gasteiger partial charge in [-0.3, -0.25) is 0 Å². The Bertz CT molecular complexity index is 342. The second-order valence-electron chi connectivity index (χ2n) is 5.13. The molecule has 0 heterocycles. The molecule has 19 heavy (non-hydrogen) atoms. The first-order chi connectivity index (χ1) is 8.76. The molecule has 0 rings (SSSR count). The van der Waals surface area contributed by atoms with E-state index in [0.29, 0.717) is 12.8 Å². The fourth-order valence-corrected chi connectivity index (χ4v) is 1.34. The number of carboxylic acid groups (broad SMARTS) is 1. The molecule has 0 radical (unpaired) electrons. The van der Waals surface area contributed by atoms with E-state index in [4.69, 9.17) is 9.84 Å². The zero-order valence-electron chi connectivity index (χ0n) is 11.8. The van der Waals surface area contributed by atoms with E-state index in [0.717, 1.165) is 6.42 Å². The summed E-state index contributed by atoms with van der Waals surface area (Å²) in [6.45, 7) is 8.71. The second-order valence-corrected chi connectivity index (χ2v) is 5.13.